The first kappa shape index (κ1) is 22.7. The van der Waals surface area contributed by atoms with E-state index in [0.717, 1.165) is 4.90 Å². The van der Waals surface area contributed by atoms with Crippen molar-refractivity contribution in [2.75, 3.05) is 24.3 Å². The Bertz CT molecular complexity index is 1200. The number of aromatic nitrogens is 2. The molecule has 0 radical (unpaired) electrons. The SMILES string of the molecule is COc1ccc(NC(=O)Cn2cc(NC(=O)CCCN3C(=O)c4ccccc4C3=O)cn2)cc1. The molecule has 1 aliphatic heterocycles. The fourth-order valence-corrected chi connectivity index (χ4v) is 3.60. The van der Waals surface area contributed by atoms with Crippen LogP contribution in [0, 0.1) is 0 Å². The van der Waals surface area contributed by atoms with Crippen molar-refractivity contribution in [1.29, 1.82) is 0 Å². The van der Waals surface area contributed by atoms with Crippen LogP contribution in [0.25, 0.3) is 0 Å². The average Bonchev–Trinajstić information content (AvgIpc) is 3.36. The van der Waals surface area contributed by atoms with Gasteiger partial charge >= 0.3 is 0 Å². The van der Waals surface area contributed by atoms with E-state index < -0.39 is 0 Å². The third kappa shape index (κ3) is 5.12. The van der Waals surface area contributed by atoms with Gasteiger partial charge in [0.05, 0.1) is 30.1 Å². The zero-order valence-corrected chi connectivity index (χ0v) is 18.5. The monoisotopic (exact) mass is 461 g/mol. The number of nitrogens with zero attached hydrogens (tertiary/aromatic N) is 3. The molecule has 0 saturated carbocycles. The maximum atomic E-state index is 12.4. The lowest BCUT2D eigenvalue weighted by atomic mass is 10.1. The highest BCUT2D eigenvalue weighted by Gasteiger charge is 2.34. The van der Waals surface area contributed by atoms with Gasteiger partial charge in [0.1, 0.15) is 12.3 Å². The second-order valence-electron chi connectivity index (χ2n) is 7.66. The molecule has 0 fully saturated rings. The molecule has 3 aromatic rings. The molecule has 4 rings (SSSR count). The van der Waals surface area contributed by atoms with Crippen molar-refractivity contribution in [2.45, 2.75) is 19.4 Å². The van der Waals surface area contributed by atoms with Gasteiger partial charge in [0.25, 0.3) is 11.8 Å². The van der Waals surface area contributed by atoms with Crippen molar-refractivity contribution >= 4 is 35.0 Å². The molecule has 10 heteroatoms. The van der Waals surface area contributed by atoms with E-state index in [0.29, 0.717) is 34.7 Å². The van der Waals surface area contributed by atoms with Crippen molar-refractivity contribution in [2.24, 2.45) is 0 Å². The molecule has 0 aliphatic carbocycles. The first-order valence-electron chi connectivity index (χ1n) is 10.7. The quantitative estimate of drug-likeness (QED) is 0.472. The van der Waals surface area contributed by atoms with E-state index in [1.54, 1.807) is 61.8 Å². The number of ether oxygens (including phenoxy) is 1. The van der Waals surface area contributed by atoms with Gasteiger partial charge in [-0.05, 0) is 42.8 Å². The van der Waals surface area contributed by atoms with Gasteiger partial charge in [-0.15, -0.1) is 0 Å². The van der Waals surface area contributed by atoms with Crippen molar-refractivity contribution in [3.8, 4) is 5.75 Å². The number of carbonyl (C=O) groups excluding carboxylic acids is 4. The predicted molar refractivity (Wildman–Crippen MR) is 124 cm³/mol. The highest BCUT2D eigenvalue weighted by atomic mass is 16.5. The molecule has 0 saturated heterocycles. The predicted octanol–water partition coefficient (Wildman–Crippen LogP) is 2.55. The highest BCUT2D eigenvalue weighted by Crippen LogP contribution is 2.22. The highest BCUT2D eigenvalue weighted by molar-refractivity contribution is 6.21. The van der Waals surface area contributed by atoms with Gasteiger partial charge in [0.15, 0.2) is 0 Å². The maximum Gasteiger partial charge on any atom is 0.261 e. The summed E-state index contributed by atoms with van der Waals surface area (Å²) in [5.41, 5.74) is 1.85. The van der Waals surface area contributed by atoms with Crippen molar-refractivity contribution < 1.29 is 23.9 Å². The van der Waals surface area contributed by atoms with Gasteiger partial charge in [-0.3, -0.25) is 28.8 Å². The van der Waals surface area contributed by atoms with E-state index in [-0.39, 0.29) is 43.1 Å². The minimum absolute atomic E-state index is 0.0261. The smallest absolute Gasteiger partial charge is 0.261 e. The molecule has 4 amide bonds. The van der Waals surface area contributed by atoms with Crippen LogP contribution in [-0.4, -0.2) is 52.0 Å². The van der Waals surface area contributed by atoms with Crippen LogP contribution in [0.15, 0.2) is 60.9 Å². The second-order valence-corrected chi connectivity index (χ2v) is 7.66. The Labute approximate surface area is 195 Å². The van der Waals surface area contributed by atoms with Gasteiger partial charge in [0, 0.05) is 24.8 Å². The molecule has 1 aliphatic rings. The Balaban J connectivity index is 1.21. The molecule has 2 N–H and O–H groups in total. The lowest BCUT2D eigenvalue weighted by Gasteiger charge is -2.13. The Morgan fingerprint density at radius 3 is 2.21 bits per heavy atom. The average molecular weight is 461 g/mol. The molecule has 0 spiro atoms. The molecule has 0 atom stereocenters. The number of methoxy groups -OCH3 is 1. The van der Waals surface area contributed by atoms with Gasteiger partial charge in [-0.25, -0.2) is 0 Å². The number of rotatable bonds is 9. The maximum absolute atomic E-state index is 12.4. The number of hydrogen-bond donors (Lipinski definition) is 2. The fourth-order valence-electron chi connectivity index (χ4n) is 3.60. The summed E-state index contributed by atoms with van der Waals surface area (Å²) in [4.78, 5) is 50.4. The van der Waals surface area contributed by atoms with Crippen molar-refractivity contribution in [3.05, 3.63) is 72.1 Å². The molecule has 0 unspecified atom stereocenters. The van der Waals surface area contributed by atoms with Crippen LogP contribution in [0.5, 0.6) is 5.75 Å². The summed E-state index contributed by atoms with van der Waals surface area (Å²) in [5.74, 6) is -0.537. The topological polar surface area (TPSA) is 123 Å². The van der Waals surface area contributed by atoms with Crippen LogP contribution < -0.4 is 15.4 Å². The van der Waals surface area contributed by atoms with E-state index in [9.17, 15) is 19.2 Å². The lowest BCUT2D eigenvalue weighted by molar-refractivity contribution is -0.117. The number of carbonyl (C=O) groups is 4. The summed E-state index contributed by atoms with van der Waals surface area (Å²) in [6.07, 6.45) is 3.45. The van der Waals surface area contributed by atoms with Crippen molar-refractivity contribution in [3.63, 3.8) is 0 Å². The number of anilines is 2. The largest absolute Gasteiger partial charge is 0.497 e. The van der Waals surface area contributed by atoms with E-state index in [1.807, 2.05) is 0 Å². The Kier molecular flexibility index (Phi) is 6.67. The molecular formula is C24H23N5O5. The number of benzene rings is 2. The van der Waals surface area contributed by atoms with Crippen LogP contribution in [0.3, 0.4) is 0 Å². The van der Waals surface area contributed by atoms with E-state index in [4.69, 9.17) is 4.74 Å². The summed E-state index contributed by atoms with van der Waals surface area (Å²) in [6.45, 7) is 0.131. The Hall–Kier alpha value is -4.47. The molecule has 10 nitrogen and oxygen atoms in total. The zero-order valence-electron chi connectivity index (χ0n) is 18.5. The number of imide groups is 1. The zero-order chi connectivity index (χ0) is 24.1. The van der Waals surface area contributed by atoms with Crippen LogP contribution in [0.4, 0.5) is 11.4 Å². The van der Waals surface area contributed by atoms with Crippen LogP contribution >= 0.6 is 0 Å². The summed E-state index contributed by atoms with van der Waals surface area (Å²) in [7, 11) is 1.57. The summed E-state index contributed by atoms with van der Waals surface area (Å²) in [5, 5.41) is 9.55. The van der Waals surface area contributed by atoms with Crippen LogP contribution in [0.1, 0.15) is 33.6 Å². The third-order valence-electron chi connectivity index (χ3n) is 5.26. The fraction of sp³-hybridized carbons (Fsp3) is 0.208. The standard InChI is InChI=1S/C24H23N5O5/c1-34-18-10-8-16(9-11-18)26-22(31)15-28-14-17(13-25-28)27-21(30)7-4-12-29-23(32)19-5-2-3-6-20(19)24(29)33/h2-3,5-6,8-11,13-14H,4,7,12,15H2,1H3,(H,26,31)(H,27,30). The molecular weight excluding hydrogens is 438 g/mol. The number of nitrogens with one attached hydrogen (secondary N) is 2. The summed E-state index contributed by atoms with van der Waals surface area (Å²) >= 11 is 0. The van der Waals surface area contributed by atoms with Crippen molar-refractivity contribution in [1.82, 2.24) is 14.7 Å². The van der Waals surface area contributed by atoms with Gasteiger partial charge < -0.3 is 15.4 Å². The minimum Gasteiger partial charge on any atom is -0.497 e. The van der Waals surface area contributed by atoms with Gasteiger partial charge in [-0.1, -0.05) is 12.1 Å². The summed E-state index contributed by atoms with van der Waals surface area (Å²) < 4.78 is 6.49. The Morgan fingerprint density at radius 2 is 1.56 bits per heavy atom. The molecule has 174 valence electrons. The number of amides is 4. The molecule has 0 bridgehead atoms. The molecule has 2 heterocycles. The third-order valence-corrected chi connectivity index (χ3v) is 5.26. The lowest BCUT2D eigenvalue weighted by Crippen LogP contribution is -2.31. The normalized spacial score (nSPS) is 12.4. The van der Waals surface area contributed by atoms with Crippen LogP contribution in [0.2, 0.25) is 0 Å². The minimum atomic E-state index is -0.338. The van der Waals surface area contributed by atoms with E-state index >= 15 is 0 Å². The Morgan fingerprint density at radius 1 is 0.912 bits per heavy atom. The van der Waals surface area contributed by atoms with Gasteiger partial charge in [-0.2, -0.15) is 5.10 Å². The van der Waals surface area contributed by atoms with Crippen LogP contribution in [-0.2, 0) is 16.1 Å². The number of hydrogen-bond acceptors (Lipinski definition) is 6. The van der Waals surface area contributed by atoms with Gasteiger partial charge in [0.2, 0.25) is 11.8 Å². The first-order valence-corrected chi connectivity index (χ1v) is 10.7. The number of fused-ring (bicyclic) bond motifs is 1. The summed E-state index contributed by atoms with van der Waals surface area (Å²) in [6, 6.07) is 13.6. The van der Waals surface area contributed by atoms with E-state index in [1.165, 1.54) is 10.9 Å². The molecule has 34 heavy (non-hydrogen) atoms. The second kappa shape index (κ2) is 9.99. The molecule has 1 aromatic heterocycles. The van der Waals surface area contributed by atoms with E-state index in [2.05, 4.69) is 15.7 Å². The first-order chi connectivity index (χ1) is 16.4. The molecule has 2 aromatic carbocycles.